The molecule has 92 valence electrons. The molecule has 0 radical (unpaired) electrons. The molecule has 17 heavy (non-hydrogen) atoms. The maximum absolute atomic E-state index is 11.0. The van der Waals surface area contributed by atoms with Crippen LogP contribution in [-0.4, -0.2) is 32.0 Å². The lowest BCUT2D eigenvalue weighted by atomic mass is 10.2. The van der Waals surface area contributed by atoms with E-state index in [0.29, 0.717) is 22.1 Å². The Morgan fingerprint density at radius 2 is 2.29 bits per heavy atom. The monoisotopic (exact) mass is 301 g/mol. The zero-order valence-corrected chi connectivity index (χ0v) is 10.8. The van der Waals surface area contributed by atoms with E-state index >= 15 is 0 Å². The van der Waals surface area contributed by atoms with Crippen LogP contribution in [0.15, 0.2) is 22.7 Å². The average Bonchev–Trinajstić information content (AvgIpc) is 2.36. The number of carbonyl (C=O) groups excluding carboxylic acids is 2. The Labute approximate surface area is 107 Å². The van der Waals surface area contributed by atoms with E-state index in [1.54, 1.807) is 18.2 Å². The summed E-state index contributed by atoms with van der Waals surface area (Å²) in [5, 5.41) is 0. The molecule has 5 nitrogen and oxygen atoms in total. The summed E-state index contributed by atoms with van der Waals surface area (Å²) in [7, 11) is 1.26. The Kier molecular flexibility index (Phi) is 5.11. The first-order valence-corrected chi connectivity index (χ1v) is 5.58. The van der Waals surface area contributed by atoms with Crippen LogP contribution in [0, 0.1) is 0 Å². The van der Waals surface area contributed by atoms with E-state index in [2.05, 4.69) is 20.7 Å². The highest BCUT2D eigenvalue weighted by Crippen LogP contribution is 2.21. The fourth-order valence-corrected chi connectivity index (χ4v) is 1.45. The molecule has 1 unspecified atom stereocenters. The molecule has 0 fully saturated rings. The third-order valence-corrected chi connectivity index (χ3v) is 2.75. The van der Waals surface area contributed by atoms with Gasteiger partial charge in [-0.1, -0.05) is 15.9 Å². The normalized spacial score (nSPS) is 11.7. The first kappa shape index (κ1) is 13.7. The van der Waals surface area contributed by atoms with Crippen molar-refractivity contribution in [3.63, 3.8) is 0 Å². The standard InChI is InChI=1S/C11H12BrNO4/c1-16-11(15)10(13)6-17-8-2-3-9(12)7(4-8)5-14/h2-5,10H,6,13H2,1H3. The van der Waals surface area contributed by atoms with Gasteiger partial charge in [-0.3, -0.25) is 9.59 Å². The molecule has 2 N–H and O–H groups in total. The number of nitrogens with two attached hydrogens (primary N) is 1. The van der Waals surface area contributed by atoms with E-state index in [4.69, 9.17) is 10.5 Å². The van der Waals surface area contributed by atoms with Crippen molar-refractivity contribution < 1.29 is 19.1 Å². The van der Waals surface area contributed by atoms with Crippen LogP contribution in [0.5, 0.6) is 5.75 Å². The second kappa shape index (κ2) is 6.36. The van der Waals surface area contributed by atoms with Crippen LogP contribution in [0.1, 0.15) is 10.4 Å². The average molecular weight is 302 g/mol. The number of halogens is 1. The van der Waals surface area contributed by atoms with Crippen molar-refractivity contribution in [2.45, 2.75) is 6.04 Å². The molecule has 0 aliphatic rings. The van der Waals surface area contributed by atoms with E-state index in [9.17, 15) is 9.59 Å². The molecule has 1 aromatic carbocycles. The van der Waals surface area contributed by atoms with Gasteiger partial charge in [0, 0.05) is 10.0 Å². The van der Waals surface area contributed by atoms with Gasteiger partial charge in [-0.05, 0) is 18.2 Å². The predicted octanol–water partition coefficient (Wildman–Crippen LogP) is 1.14. The summed E-state index contributed by atoms with van der Waals surface area (Å²) in [5.74, 6) is -0.0765. The Balaban J connectivity index is 2.63. The molecule has 0 amide bonds. The van der Waals surface area contributed by atoms with Gasteiger partial charge in [0.2, 0.25) is 0 Å². The molecule has 0 aliphatic heterocycles. The van der Waals surface area contributed by atoms with Crippen LogP contribution in [-0.2, 0) is 9.53 Å². The minimum absolute atomic E-state index is 0.00734. The number of ether oxygens (including phenoxy) is 2. The number of hydrogen-bond donors (Lipinski definition) is 1. The van der Waals surface area contributed by atoms with Crippen LogP contribution < -0.4 is 10.5 Å². The van der Waals surface area contributed by atoms with Crippen LogP contribution in [0.4, 0.5) is 0 Å². The van der Waals surface area contributed by atoms with Crippen molar-refractivity contribution in [3.8, 4) is 5.75 Å². The number of rotatable bonds is 5. The number of esters is 1. The van der Waals surface area contributed by atoms with Crippen molar-refractivity contribution in [3.05, 3.63) is 28.2 Å². The Hall–Kier alpha value is -1.40. The summed E-state index contributed by atoms with van der Waals surface area (Å²) in [6, 6.07) is 4.06. The predicted molar refractivity (Wildman–Crippen MR) is 65.0 cm³/mol. The summed E-state index contributed by atoms with van der Waals surface area (Å²) in [4.78, 5) is 21.7. The summed E-state index contributed by atoms with van der Waals surface area (Å²) < 4.78 is 10.4. The van der Waals surface area contributed by atoms with Gasteiger partial charge in [-0.25, -0.2) is 0 Å². The van der Waals surface area contributed by atoms with E-state index in [1.165, 1.54) is 7.11 Å². The summed E-state index contributed by atoms with van der Waals surface area (Å²) in [6.45, 7) is -0.00734. The SMILES string of the molecule is COC(=O)C(N)COc1ccc(Br)c(C=O)c1. The van der Waals surface area contributed by atoms with Crippen molar-refractivity contribution >= 4 is 28.2 Å². The molecular weight excluding hydrogens is 290 g/mol. The van der Waals surface area contributed by atoms with Crippen LogP contribution in [0.3, 0.4) is 0 Å². The van der Waals surface area contributed by atoms with Gasteiger partial charge < -0.3 is 15.2 Å². The van der Waals surface area contributed by atoms with E-state index in [-0.39, 0.29) is 6.61 Å². The quantitative estimate of drug-likeness (QED) is 0.652. The molecule has 6 heteroatoms. The minimum Gasteiger partial charge on any atom is -0.491 e. The van der Waals surface area contributed by atoms with Gasteiger partial charge in [0.05, 0.1) is 7.11 Å². The lowest BCUT2D eigenvalue weighted by molar-refractivity contribution is -0.142. The lowest BCUT2D eigenvalue weighted by Gasteiger charge is -2.11. The summed E-state index contributed by atoms with van der Waals surface area (Å²) in [6.07, 6.45) is 0.706. The van der Waals surface area contributed by atoms with Crippen molar-refractivity contribution in [1.29, 1.82) is 0 Å². The summed E-state index contributed by atoms with van der Waals surface area (Å²) in [5.41, 5.74) is 5.96. The molecule has 0 spiro atoms. The van der Waals surface area contributed by atoms with Crippen molar-refractivity contribution in [2.75, 3.05) is 13.7 Å². The van der Waals surface area contributed by atoms with Crippen molar-refractivity contribution in [1.82, 2.24) is 0 Å². The number of aldehydes is 1. The van der Waals surface area contributed by atoms with Crippen LogP contribution >= 0.6 is 15.9 Å². The number of methoxy groups -OCH3 is 1. The first-order chi connectivity index (χ1) is 8.08. The number of benzene rings is 1. The maximum Gasteiger partial charge on any atom is 0.326 e. The Morgan fingerprint density at radius 3 is 2.88 bits per heavy atom. The largest absolute Gasteiger partial charge is 0.491 e. The Morgan fingerprint density at radius 1 is 1.59 bits per heavy atom. The Bertz CT molecular complexity index is 422. The highest BCUT2D eigenvalue weighted by atomic mass is 79.9. The fraction of sp³-hybridized carbons (Fsp3) is 0.273. The third kappa shape index (κ3) is 3.83. The topological polar surface area (TPSA) is 78.6 Å². The highest BCUT2D eigenvalue weighted by Gasteiger charge is 2.14. The molecule has 0 saturated carbocycles. The zero-order chi connectivity index (χ0) is 12.8. The van der Waals surface area contributed by atoms with Gasteiger partial charge in [0.25, 0.3) is 0 Å². The second-order valence-corrected chi connectivity index (χ2v) is 4.10. The molecule has 1 aromatic rings. The fourth-order valence-electron chi connectivity index (χ4n) is 1.11. The van der Waals surface area contributed by atoms with E-state index < -0.39 is 12.0 Å². The highest BCUT2D eigenvalue weighted by molar-refractivity contribution is 9.10. The lowest BCUT2D eigenvalue weighted by Crippen LogP contribution is -2.37. The number of hydrogen-bond acceptors (Lipinski definition) is 5. The molecular formula is C11H12BrNO4. The molecule has 0 aromatic heterocycles. The van der Waals surface area contributed by atoms with Gasteiger partial charge in [-0.2, -0.15) is 0 Å². The van der Waals surface area contributed by atoms with E-state index in [0.717, 1.165) is 0 Å². The zero-order valence-electron chi connectivity index (χ0n) is 9.18. The summed E-state index contributed by atoms with van der Waals surface area (Å²) >= 11 is 3.22. The molecule has 0 aliphatic carbocycles. The van der Waals surface area contributed by atoms with Gasteiger partial charge in [0.15, 0.2) is 6.29 Å². The second-order valence-electron chi connectivity index (χ2n) is 3.24. The molecule has 0 heterocycles. The van der Waals surface area contributed by atoms with Crippen LogP contribution in [0.2, 0.25) is 0 Å². The van der Waals surface area contributed by atoms with Gasteiger partial charge in [-0.15, -0.1) is 0 Å². The van der Waals surface area contributed by atoms with E-state index in [1.807, 2.05) is 0 Å². The maximum atomic E-state index is 11.0. The molecule has 1 rings (SSSR count). The van der Waals surface area contributed by atoms with Gasteiger partial charge >= 0.3 is 5.97 Å². The van der Waals surface area contributed by atoms with Crippen LogP contribution in [0.25, 0.3) is 0 Å². The molecule has 0 saturated heterocycles. The molecule has 0 bridgehead atoms. The molecule has 1 atom stereocenters. The van der Waals surface area contributed by atoms with Gasteiger partial charge in [0.1, 0.15) is 18.4 Å². The first-order valence-electron chi connectivity index (χ1n) is 4.79. The van der Waals surface area contributed by atoms with Crippen molar-refractivity contribution in [2.24, 2.45) is 5.73 Å². The minimum atomic E-state index is -0.844. The smallest absolute Gasteiger partial charge is 0.326 e. The third-order valence-electron chi connectivity index (χ3n) is 2.03. The number of carbonyl (C=O) groups is 2.